The summed E-state index contributed by atoms with van der Waals surface area (Å²) < 4.78 is 0.726. The Morgan fingerprint density at radius 3 is 2.58 bits per heavy atom. The lowest BCUT2D eigenvalue weighted by atomic mass is 10.1. The van der Waals surface area contributed by atoms with Crippen LogP contribution in [-0.4, -0.2) is 27.5 Å². The van der Waals surface area contributed by atoms with Crippen LogP contribution < -0.4 is 10.6 Å². The fraction of sp³-hybridized carbons (Fsp3) is 0.125. The summed E-state index contributed by atoms with van der Waals surface area (Å²) in [6, 6.07) is 8.54. The van der Waals surface area contributed by atoms with Crippen LogP contribution >= 0.6 is 15.9 Å². The number of phenols is 1. The van der Waals surface area contributed by atoms with Crippen molar-refractivity contribution in [1.29, 1.82) is 5.26 Å². The molecule has 24 heavy (non-hydrogen) atoms. The average molecular weight is 388 g/mol. The monoisotopic (exact) mass is 387 g/mol. The number of carbonyl (C=O) groups is 1. The van der Waals surface area contributed by atoms with E-state index >= 15 is 0 Å². The Labute approximate surface area is 147 Å². The molecule has 2 aromatic rings. The lowest BCUT2D eigenvalue weighted by Crippen LogP contribution is -2.27. The zero-order valence-corrected chi connectivity index (χ0v) is 14.1. The number of aromatic hydroxyl groups is 1. The third kappa shape index (κ3) is 5.37. The van der Waals surface area contributed by atoms with E-state index < -0.39 is 5.91 Å². The van der Waals surface area contributed by atoms with Crippen molar-refractivity contribution >= 4 is 27.8 Å². The van der Waals surface area contributed by atoms with Gasteiger partial charge in [-0.05, 0) is 40.0 Å². The highest BCUT2D eigenvalue weighted by Crippen LogP contribution is 2.10. The molecule has 1 heterocycles. The molecule has 0 bridgehead atoms. The van der Waals surface area contributed by atoms with Crippen molar-refractivity contribution in [1.82, 2.24) is 15.3 Å². The highest BCUT2D eigenvalue weighted by molar-refractivity contribution is 9.10. The number of hydrogen-bond donors (Lipinski definition) is 3. The number of hydrogen-bond acceptors (Lipinski definition) is 6. The second-order valence-electron chi connectivity index (χ2n) is 4.71. The van der Waals surface area contributed by atoms with E-state index in [4.69, 9.17) is 5.26 Å². The summed E-state index contributed by atoms with van der Waals surface area (Å²) >= 11 is 3.22. The predicted octanol–water partition coefficient (Wildman–Crippen LogP) is 2.12. The molecule has 2 rings (SSSR count). The van der Waals surface area contributed by atoms with Gasteiger partial charge in [0.15, 0.2) is 0 Å². The first-order valence-corrected chi connectivity index (χ1v) is 7.78. The Balaban J connectivity index is 1.86. The number of aromatic nitrogens is 2. The van der Waals surface area contributed by atoms with Gasteiger partial charge in [0.25, 0.3) is 5.91 Å². The fourth-order valence-corrected chi connectivity index (χ4v) is 1.96. The maximum Gasteiger partial charge on any atom is 0.263 e. The molecule has 0 aliphatic heterocycles. The Morgan fingerprint density at radius 1 is 1.29 bits per heavy atom. The lowest BCUT2D eigenvalue weighted by molar-refractivity contribution is -0.117. The van der Waals surface area contributed by atoms with Crippen LogP contribution in [0.5, 0.6) is 5.75 Å². The second-order valence-corrected chi connectivity index (χ2v) is 5.63. The first-order valence-electron chi connectivity index (χ1n) is 6.99. The van der Waals surface area contributed by atoms with E-state index in [1.165, 1.54) is 6.20 Å². The Bertz CT molecular complexity index is 767. The minimum Gasteiger partial charge on any atom is -0.508 e. The predicted molar refractivity (Wildman–Crippen MR) is 91.9 cm³/mol. The molecule has 8 heteroatoms. The van der Waals surface area contributed by atoms with Gasteiger partial charge in [0.2, 0.25) is 5.95 Å². The molecule has 0 saturated carbocycles. The lowest BCUT2D eigenvalue weighted by Gasteiger charge is -2.05. The third-order valence-corrected chi connectivity index (χ3v) is 3.38. The zero-order chi connectivity index (χ0) is 17.4. The van der Waals surface area contributed by atoms with E-state index in [2.05, 4.69) is 36.5 Å². The van der Waals surface area contributed by atoms with Gasteiger partial charge in [0, 0.05) is 25.1 Å². The molecular weight excluding hydrogens is 374 g/mol. The summed E-state index contributed by atoms with van der Waals surface area (Å²) in [4.78, 5) is 19.9. The number of nitrogens with one attached hydrogen (secondary N) is 2. The van der Waals surface area contributed by atoms with Crippen LogP contribution in [0.4, 0.5) is 5.95 Å². The van der Waals surface area contributed by atoms with Gasteiger partial charge in [0.1, 0.15) is 17.4 Å². The summed E-state index contributed by atoms with van der Waals surface area (Å²) in [7, 11) is 0. The van der Waals surface area contributed by atoms with E-state index in [-0.39, 0.29) is 17.3 Å². The summed E-state index contributed by atoms with van der Waals surface area (Å²) in [6.45, 7) is 0.372. The average Bonchev–Trinajstić information content (AvgIpc) is 2.59. The van der Waals surface area contributed by atoms with E-state index in [1.54, 1.807) is 36.7 Å². The molecule has 0 fully saturated rings. The smallest absolute Gasteiger partial charge is 0.263 e. The standard InChI is InChI=1S/C16H14BrN5O2/c17-13-9-21-16(22-10-13)20-8-12(7-18)15(24)19-6-5-11-1-3-14(23)4-2-11/h1-4,8-10,23H,5-6H2,(H,19,24)(H,20,21,22)/b12-8-. The van der Waals surface area contributed by atoms with Gasteiger partial charge in [-0.3, -0.25) is 4.79 Å². The van der Waals surface area contributed by atoms with Crippen molar-refractivity contribution in [3.05, 3.63) is 58.5 Å². The van der Waals surface area contributed by atoms with E-state index in [9.17, 15) is 9.90 Å². The number of nitrogens with zero attached hydrogens (tertiary/aromatic N) is 3. The van der Waals surface area contributed by atoms with Gasteiger partial charge >= 0.3 is 0 Å². The SMILES string of the molecule is N#C/C(=C/Nc1ncc(Br)cn1)C(=O)NCCc1ccc(O)cc1. The molecule has 3 N–H and O–H groups in total. The number of rotatable bonds is 6. The zero-order valence-electron chi connectivity index (χ0n) is 12.5. The van der Waals surface area contributed by atoms with E-state index in [1.807, 2.05) is 6.07 Å². The van der Waals surface area contributed by atoms with Crippen molar-refractivity contribution in [2.45, 2.75) is 6.42 Å². The molecule has 0 atom stereocenters. The van der Waals surface area contributed by atoms with Gasteiger partial charge in [0.05, 0.1) is 4.47 Å². The molecule has 1 aromatic heterocycles. The maximum absolute atomic E-state index is 12.0. The molecule has 0 saturated heterocycles. The normalized spacial score (nSPS) is 10.8. The van der Waals surface area contributed by atoms with Gasteiger partial charge in [-0.15, -0.1) is 0 Å². The molecule has 0 unspecified atom stereocenters. The van der Waals surface area contributed by atoms with Crippen molar-refractivity contribution in [2.75, 3.05) is 11.9 Å². The first kappa shape index (κ1) is 17.4. The van der Waals surface area contributed by atoms with Crippen molar-refractivity contribution in [2.24, 2.45) is 0 Å². The van der Waals surface area contributed by atoms with Gasteiger partial charge in [-0.2, -0.15) is 5.26 Å². The Kier molecular flexibility index (Phi) is 6.28. The highest BCUT2D eigenvalue weighted by atomic mass is 79.9. The number of benzene rings is 1. The summed E-state index contributed by atoms with van der Waals surface area (Å²) in [5.74, 6) is -0.0116. The third-order valence-electron chi connectivity index (χ3n) is 2.97. The summed E-state index contributed by atoms with van der Waals surface area (Å²) in [6.07, 6.45) is 4.95. The van der Waals surface area contributed by atoms with Crippen LogP contribution in [0, 0.1) is 11.3 Å². The molecule has 1 amide bonds. The van der Waals surface area contributed by atoms with Crippen molar-refractivity contribution in [3.63, 3.8) is 0 Å². The second kappa shape index (κ2) is 8.64. The van der Waals surface area contributed by atoms with Crippen LogP contribution in [-0.2, 0) is 11.2 Å². The number of anilines is 1. The van der Waals surface area contributed by atoms with Crippen molar-refractivity contribution < 1.29 is 9.90 Å². The maximum atomic E-state index is 12.0. The van der Waals surface area contributed by atoms with Crippen LogP contribution in [0.3, 0.4) is 0 Å². The molecule has 7 nitrogen and oxygen atoms in total. The van der Waals surface area contributed by atoms with Gasteiger partial charge < -0.3 is 15.7 Å². The quantitative estimate of drug-likeness (QED) is 0.517. The molecular formula is C16H14BrN5O2. The Morgan fingerprint density at radius 2 is 1.96 bits per heavy atom. The Hall–Kier alpha value is -2.92. The minimum absolute atomic E-state index is 0.0766. The van der Waals surface area contributed by atoms with Crippen LogP contribution in [0.1, 0.15) is 5.56 Å². The van der Waals surface area contributed by atoms with Gasteiger partial charge in [-0.1, -0.05) is 12.1 Å². The number of phenolic OH excluding ortho intramolecular Hbond substituents is 1. The molecule has 122 valence electrons. The van der Waals surface area contributed by atoms with E-state index in [0.29, 0.717) is 13.0 Å². The van der Waals surface area contributed by atoms with E-state index in [0.717, 1.165) is 10.0 Å². The van der Waals surface area contributed by atoms with Crippen LogP contribution in [0.15, 0.2) is 52.9 Å². The number of halogens is 1. The molecule has 1 aromatic carbocycles. The molecule has 0 radical (unpaired) electrons. The highest BCUT2D eigenvalue weighted by Gasteiger charge is 2.08. The number of carbonyl (C=O) groups excluding carboxylic acids is 1. The fourth-order valence-electron chi connectivity index (χ4n) is 1.75. The van der Waals surface area contributed by atoms with Crippen LogP contribution in [0.25, 0.3) is 0 Å². The van der Waals surface area contributed by atoms with Gasteiger partial charge in [-0.25, -0.2) is 9.97 Å². The van der Waals surface area contributed by atoms with Crippen LogP contribution in [0.2, 0.25) is 0 Å². The minimum atomic E-state index is -0.485. The first-order chi connectivity index (χ1) is 11.6. The largest absolute Gasteiger partial charge is 0.508 e. The number of nitriles is 1. The molecule has 0 aliphatic carbocycles. The topological polar surface area (TPSA) is 111 Å². The number of amides is 1. The summed E-state index contributed by atoms with van der Waals surface area (Å²) in [5.41, 5.74) is 0.893. The summed E-state index contributed by atoms with van der Waals surface area (Å²) in [5, 5.41) is 23.6. The molecule has 0 aliphatic rings. The van der Waals surface area contributed by atoms with Crippen molar-refractivity contribution in [3.8, 4) is 11.8 Å². The molecule has 0 spiro atoms.